The molecule has 1 aliphatic rings. The number of hydrogen-bond donors (Lipinski definition) is 1. The summed E-state index contributed by atoms with van der Waals surface area (Å²) in [6.07, 6.45) is 2.99. The molecule has 1 aromatic carbocycles. The molecule has 10 heteroatoms. The third-order valence-electron chi connectivity index (χ3n) is 5.81. The minimum atomic E-state index is -2.59. The highest BCUT2D eigenvalue weighted by Gasteiger charge is 2.34. The Kier molecular flexibility index (Phi) is 5.37. The first-order valence-corrected chi connectivity index (χ1v) is 10.7. The van der Waals surface area contributed by atoms with Crippen molar-refractivity contribution in [2.75, 3.05) is 18.4 Å². The van der Waals surface area contributed by atoms with Crippen LogP contribution in [0.4, 0.5) is 14.5 Å². The van der Waals surface area contributed by atoms with Crippen molar-refractivity contribution < 1.29 is 18.1 Å². The fraction of sp³-hybridized carbons (Fsp3) is 0.304. The van der Waals surface area contributed by atoms with E-state index in [0.717, 1.165) is 5.56 Å². The quantitative estimate of drug-likeness (QED) is 0.489. The zero-order chi connectivity index (χ0) is 23.0. The number of nitrogens with one attached hydrogen (secondary N) is 1. The Hall–Kier alpha value is -3.66. The molecule has 4 heterocycles. The molecule has 0 atom stereocenters. The van der Waals surface area contributed by atoms with Crippen molar-refractivity contribution in [1.82, 2.24) is 24.4 Å². The number of hydrogen-bond acceptors (Lipinski definition) is 6. The Balaban J connectivity index is 1.31. The average molecular weight is 452 g/mol. The number of imidazole rings is 1. The number of piperidine rings is 1. The summed E-state index contributed by atoms with van der Waals surface area (Å²) in [5, 5.41) is 6.96. The summed E-state index contributed by atoms with van der Waals surface area (Å²) in [6.45, 7) is 2.79. The molecular weight excluding hydrogens is 430 g/mol. The second-order valence-corrected chi connectivity index (χ2v) is 8.20. The summed E-state index contributed by atoms with van der Waals surface area (Å²) in [6, 6.07) is 11.0. The summed E-state index contributed by atoms with van der Waals surface area (Å²) in [5.74, 6) is -2.14. The molecule has 0 unspecified atom stereocenters. The number of alkyl halides is 2. The Morgan fingerprint density at radius 3 is 2.85 bits per heavy atom. The Morgan fingerprint density at radius 1 is 1.21 bits per heavy atom. The number of anilines is 1. The van der Waals surface area contributed by atoms with E-state index in [2.05, 4.69) is 20.4 Å². The molecule has 5 rings (SSSR count). The van der Waals surface area contributed by atoms with Crippen LogP contribution < -0.4 is 5.32 Å². The molecule has 1 saturated heterocycles. The van der Waals surface area contributed by atoms with Gasteiger partial charge in [0.1, 0.15) is 11.3 Å². The van der Waals surface area contributed by atoms with E-state index < -0.39 is 5.92 Å². The third kappa shape index (κ3) is 4.47. The topological polar surface area (TPSA) is 88.6 Å². The van der Waals surface area contributed by atoms with Gasteiger partial charge < -0.3 is 9.84 Å². The van der Waals surface area contributed by atoms with Gasteiger partial charge in [0.15, 0.2) is 0 Å². The van der Waals surface area contributed by atoms with E-state index in [1.165, 1.54) is 6.20 Å². The summed E-state index contributed by atoms with van der Waals surface area (Å²) >= 11 is 0. The van der Waals surface area contributed by atoms with E-state index in [1.54, 1.807) is 16.7 Å². The van der Waals surface area contributed by atoms with Crippen molar-refractivity contribution in [1.29, 1.82) is 0 Å². The monoisotopic (exact) mass is 452 g/mol. The van der Waals surface area contributed by atoms with E-state index in [9.17, 15) is 13.6 Å². The normalized spacial score (nSPS) is 16.2. The summed E-state index contributed by atoms with van der Waals surface area (Å²) in [4.78, 5) is 23.4. The van der Waals surface area contributed by atoms with Gasteiger partial charge in [0.2, 0.25) is 11.7 Å². The van der Waals surface area contributed by atoms with Gasteiger partial charge in [0.25, 0.3) is 11.8 Å². The predicted molar refractivity (Wildman–Crippen MR) is 117 cm³/mol. The van der Waals surface area contributed by atoms with E-state index in [-0.39, 0.29) is 31.8 Å². The minimum Gasteiger partial charge on any atom is -0.338 e. The zero-order valence-corrected chi connectivity index (χ0v) is 18.0. The number of carbonyl (C=O) groups excluding carboxylic acids is 1. The molecule has 4 aromatic rings. The molecule has 170 valence electrons. The largest absolute Gasteiger partial charge is 0.338 e. The van der Waals surface area contributed by atoms with Gasteiger partial charge in [-0.3, -0.25) is 14.1 Å². The van der Waals surface area contributed by atoms with Crippen LogP contribution in [0.5, 0.6) is 0 Å². The number of nitrogens with zero attached hydrogens (tertiary/aromatic N) is 5. The molecule has 0 aliphatic carbocycles. The van der Waals surface area contributed by atoms with Crippen LogP contribution in [-0.4, -0.2) is 49.3 Å². The summed E-state index contributed by atoms with van der Waals surface area (Å²) in [5.41, 5.74) is 3.27. The van der Waals surface area contributed by atoms with Crippen LogP contribution in [0.1, 0.15) is 34.8 Å². The molecule has 33 heavy (non-hydrogen) atoms. The van der Waals surface area contributed by atoms with Gasteiger partial charge >= 0.3 is 0 Å². The van der Waals surface area contributed by atoms with Crippen molar-refractivity contribution in [3.05, 3.63) is 65.9 Å². The molecule has 0 bridgehead atoms. The first-order chi connectivity index (χ1) is 15.9. The first-order valence-electron chi connectivity index (χ1n) is 10.7. The fourth-order valence-corrected chi connectivity index (χ4v) is 3.85. The predicted octanol–water partition coefficient (Wildman–Crippen LogP) is 4.18. The van der Waals surface area contributed by atoms with Gasteiger partial charge in [-0.05, 0) is 30.7 Å². The van der Waals surface area contributed by atoms with Crippen LogP contribution in [0.25, 0.3) is 17.0 Å². The van der Waals surface area contributed by atoms with Crippen molar-refractivity contribution in [2.24, 2.45) is 0 Å². The smallest absolute Gasteiger partial charge is 0.274 e. The van der Waals surface area contributed by atoms with Crippen molar-refractivity contribution >= 4 is 17.2 Å². The van der Waals surface area contributed by atoms with Gasteiger partial charge in [-0.2, -0.15) is 4.98 Å². The average Bonchev–Trinajstić information content (AvgIpc) is 3.44. The number of carbonyl (C=O) groups is 1. The first kappa shape index (κ1) is 21.2. The van der Waals surface area contributed by atoms with Crippen LogP contribution in [0, 0.1) is 6.92 Å². The lowest BCUT2D eigenvalue weighted by atomic mass is 10.1. The lowest BCUT2D eigenvalue weighted by Gasteiger charge is -2.30. The highest BCUT2D eigenvalue weighted by atomic mass is 19.3. The van der Waals surface area contributed by atoms with Gasteiger partial charge in [0, 0.05) is 43.4 Å². The number of amides is 1. The molecule has 0 saturated carbocycles. The highest BCUT2D eigenvalue weighted by molar-refractivity contribution is 6.04. The van der Waals surface area contributed by atoms with Crippen LogP contribution in [0.3, 0.4) is 0 Å². The zero-order valence-electron chi connectivity index (χ0n) is 18.0. The molecule has 0 spiro atoms. The molecule has 0 radical (unpaired) electrons. The van der Waals surface area contributed by atoms with E-state index >= 15 is 0 Å². The third-order valence-corrected chi connectivity index (χ3v) is 5.81. The maximum absolute atomic E-state index is 13.4. The lowest BCUT2D eigenvalue weighted by Crippen LogP contribution is -2.38. The van der Waals surface area contributed by atoms with Crippen LogP contribution in [0.2, 0.25) is 0 Å². The number of aromatic nitrogens is 4. The molecule has 1 amide bonds. The maximum Gasteiger partial charge on any atom is 0.274 e. The van der Waals surface area contributed by atoms with Gasteiger partial charge in [-0.25, -0.2) is 13.8 Å². The van der Waals surface area contributed by atoms with Gasteiger partial charge in [-0.15, -0.1) is 0 Å². The molecule has 1 aliphatic heterocycles. The number of benzene rings is 1. The number of halogens is 2. The fourth-order valence-electron chi connectivity index (χ4n) is 3.85. The van der Waals surface area contributed by atoms with Gasteiger partial charge in [-0.1, -0.05) is 23.4 Å². The van der Waals surface area contributed by atoms with Crippen LogP contribution in [-0.2, 0) is 6.54 Å². The number of pyridine rings is 1. The Labute approximate surface area is 188 Å². The number of rotatable bonds is 5. The minimum absolute atomic E-state index is 0.165. The molecule has 3 aromatic heterocycles. The highest BCUT2D eigenvalue weighted by Crippen LogP contribution is 2.29. The van der Waals surface area contributed by atoms with Crippen LogP contribution in [0.15, 0.2) is 53.3 Å². The number of fused-ring (bicyclic) bond motifs is 1. The number of aryl methyl sites for hydroxylation is 1. The SMILES string of the molecule is Cc1ccc(-c2noc(CN3CCC(F)(F)CC3)n2)cc1NC(=O)c1cnc2ccccn12. The maximum atomic E-state index is 13.4. The Morgan fingerprint density at radius 2 is 2.03 bits per heavy atom. The number of likely N-dealkylation sites (tertiary alicyclic amines) is 1. The summed E-state index contributed by atoms with van der Waals surface area (Å²) < 4.78 is 33.8. The van der Waals surface area contributed by atoms with E-state index in [4.69, 9.17) is 4.52 Å². The molecular formula is C23H22F2N6O2. The van der Waals surface area contributed by atoms with Crippen LogP contribution >= 0.6 is 0 Å². The Bertz CT molecular complexity index is 1310. The van der Waals surface area contributed by atoms with E-state index in [0.29, 0.717) is 40.9 Å². The lowest BCUT2D eigenvalue weighted by molar-refractivity contribution is -0.0580. The van der Waals surface area contributed by atoms with Crippen molar-refractivity contribution in [2.45, 2.75) is 32.2 Å². The van der Waals surface area contributed by atoms with E-state index in [1.807, 2.05) is 42.2 Å². The molecule has 8 nitrogen and oxygen atoms in total. The molecule has 1 fully saturated rings. The summed E-state index contributed by atoms with van der Waals surface area (Å²) in [7, 11) is 0. The standard InChI is InChI=1S/C23H22F2N6O2/c1-15-5-6-16(21-28-20(33-29-21)14-30-10-7-23(24,25)8-11-30)12-17(15)27-22(32)18-13-26-19-4-2-3-9-31(18)19/h2-6,9,12-13H,7-8,10-11,14H2,1H3,(H,27,32). The second kappa shape index (κ2) is 8.36. The second-order valence-electron chi connectivity index (χ2n) is 8.20. The van der Waals surface area contributed by atoms with Crippen molar-refractivity contribution in [3.63, 3.8) is 0 Å². The van der Waals surface area contributed by atoms with Crippen molar-refractivity contribution in [3.8, 4) is 11.4 Å². The van der Waals surface area contributed by atoms with Gasteiger partial charge in [0.05, 0.1) is 12.7 Å². The molecule has 1 N–H and O–H groups in total.